The SMILES string of the molecule is C=CCC1(CC=C)CCCCC1.O=[P+](O)O. The first kappa shape index (κ1) is 15.5. The van der Waals surface area contributed by atoms with Crippen molar-refractivity contribution in [2.45, 2.75) is 44.9 Å². The van der Waals surface area contributed by atoms with Crippen molar-refractivity contribution in [3.05, 3.63) is 25.3 Å². The van der Waals surface area contributed by atoms with Gasteiger partial charge in [0.2, 0.25) is 0 Å². The number of hydrogen-bond acceptors (Lipinski definition) is 1. The molecule has 92 valence electrons. The molecule has 1 saturated carbocycles. The summed E-state index contributed by atoms with van der Waals surface area (Å²) in [7, 11) is -2.87. The Hall–Kier alpha value is -0.500. The lowest BCUT2D eigenvalue weighted by atomic mass is 9.70. The van der Waals surface area contributed by atoms with Crippen LogP contribution in [0.25, 0.3) is 0 Å². The molecule has 16 heavy (non-hydrogen) atoms. The minimum absolute atomic E-state index is 0.543. The third-order valence-electron chi connectivity index (χ3n) is 3.07. The summed E-state index contributed by atoms with van der Waals surface area (Å²) in [6.07, 6.45) is 13.5. The van der Waals surface area contributed by atoms with Crippen molar-refractivity contribution in [1.29, 1.82) is 0 Å². The van der Waals surface area contributed by atoms with E-state index < -0.39 is 8.25 Å². The van der Waals surface area contributed by atoms with E-state index in [9.17, 15) is 0 Å². The fraction of sp³-hybridized carbons (Fsp3) is 0.667. The van der Waals surface area contributed by atoms with Gasteiger partial charge in [0.1, 0.15) is 0 Å². The Morgan fingerprint density at radius 3 is 1.75 bits per heavy atom. The van der Waals surface area contributed by atoms with Crippen molar-refractivity contribution < 1.29 is 14.4 Å². The van der Waals surface area contributed by atoms with Crippen LogP contribution in [0.1, 0.15) is 44.9 Å². The molecule has 3 nitrogen and oxygen atoms in total. The van der Waals surface area contributed by atoms with Crippen LogP contribution in [0.3, 0.4) is 0 Å². The zero-order valence-electron chi connectivity index (χ0n) is 9.77. The first-order valence-electron chi connectivity index (χ1n) is 5.63. The van der Waals surface area contributed by atoms with Crippen LogP contribution < -0.4 is 0 Å². The zero-order chi connectivity index (χ0) is 12.4. The molecule has 1 rings (SSSR count). The van der Waals surface area contributed by atoms with Crippen molar-refractivity contribution in [3.63, 3.8) is 0 Å². The quantitative estimate of drug-likeness (QED) is 0.586. The smallest absolute Gasteiger partial charge is 0.134 e. The average molecular weight is 245 g/mol. The van der Waals surface area contributed by atoms with E-state index in [1.54, 1.807) is 0 Å². The Morgan fingerprint density at radius 1 is 1.06 bits per heavy atom. The Balaban J connectivity index is 0.000000487. The topological polar surface area (TPSA) is 57.5 Å². The van der Waals surface area contributed by atoms with Crippen LogP contribution in [0, 0.1) is 5.41 Å². The van der Waals surface area contributed by atoms with E-state index in [0.29, 0.717) is 5.41 Å². The first-order valence-corrected chi connectivity index (χ1v) is 6.79. The second kappa shape index (κ2) is 8.63. The van der Waals surface area contributed by atoms with E-state index in [2.05, 4.69) is 25.3 Å². The minimum atomic E-state index is -2.87. The minimum Gasteiger partial charge on any atom is -0.134 e. The molecule has 1 fully saturated rings. The summed E-state index contributed by atoms with van der Waals surface area (Å²) in [4.78, 5) is 14.2. The van der Waals surface area contributed by atoms with Gasteiger partial charge in [-0.2, -0.15) is 0 Å². The second-order valence-corrected chi connectivity index (χ2v) is 4.80. The van der Waals surface area contributed by atoms with Crippen molar-refractivity contribution in [1.82, 2.24) is 0 Å². The van der Waals surface area contributed by atoms with Gasteiger partial charge in [-0.25, -0.2) is 0 Å². The van der Waals surface area contributed by atoms with Gasteiger partial charge in [-0.15, -0.1) is 22.9 Å². The zero-order valence-corrected chi connectivity index (χ0v) is 10.7. The van der Waals surface area contributed by atoms with Gasteiger partial charge in [0, 0.05) is 4.57 Å². The predicted molar refractivity (Wildman–Crippen MR) is 67.2 cm³/mol. The monoisotopic (exact) mass is 245 g/mol. The fourth-order valence-corrected chi connectivity index (χ4v) is 2.41. The molecule has 0 unspecified atom stereocenters. The number of allylic oxidation sites excluding steroid dienone is 2. The molecule has 1 aliphatic rings. The van der Waals surface area contributed by atoms with Gasteiger partial charge in [0.05, 0.1) is 0 Å². The van der Waals surface area contributed by atoms with Crippen molar-refractivity contribution in [2.24, 2.45) is 5.41 Å². The van der Waals surface area contributed by atoms with E-state index in [1.807, 2.05) is 0 Å². The molecule has 0 aliphatic heterocycles. The summed E-state index contributed by atoms with van der Waals surface area (Å²) < 4.78 is 8.70. The summed E-state index contributed by atoms with van der Waals surface area (Å²) in [6.45, 7) is 7.70. The molecule has 0 bridgehead atoms. The van der Waals surface area contributed by atoms with Crippen LogP contribution in [0.4, 0.5) is 0 Å². The molecular weight excluding hydrogens is 223 g/mol. The maximum Gasteiger partial charge on any atom is 0.692 e. The maximum absolute atomic E-state index is 8.70. The van der Waals surface area contributed by atoms with E-state index in [1.165, 1.54) is 44.9 Å². The van der Waals surface area contributed by atoms with Gasteiger partial charge in [-0.05, 0) is 31.1 Å². The second-order valence-electron chi connectivity index (χ2n) is 4.30. The Kier molecular flexibility index (Phi) is 8.36. The van der Waals surface area contributed by atoms with Crippen LogP contribution in [0.5, 0.6) is 0 Å². The van der Waals surface area contributed by atoms with E-state index in [4.69, 9.17) is 14.4 Å². The highest BCUT2D eigenvalue weighted by Gasteiger charge is 2.28. The van der Waals surface area contributed by atoms with Gasteiger partial charge < -0.3 is 0 Å². The molecule has 0 amide bonds. The molecule has 0 aromatic carbocycles. The van der Waals surface area contributed by atoms with Gasteiger partial charge in [-0.1, -0.05) is 31.4 Å². The Bertz CT molecular complexity index is 216. The van der Waals surface area contributed by atoms with Crippen molar-refractivity contribution in [2.75, 3.05) is 0 Å². The highest BCUT2D eigenvalue weighted by Crippen LogP contribution is 2.42. The van der Waals surface area contributed by atoms with Gasteiger partial charge >= 0.3 is 8.25 Å². The molecule has 0 spiro atoms. The molecule has 0 aromatic rings. The largest absolute Gasteiger partial charge is 0.692 e. The third kappa shape index (κ3) is 6.89. The average Bonchev–Trinajstić information content (AvgIpc) is 2.19. The van der Waals surface area contributed by atoms with Gasteiger partial charge in [0.25, 0.3) is 0 Å². The summed E-state index contributed by atoms with van der Waals surface area (Å²) in [5, 5.41) is 0. The molecule has 0 aromatic heterocycles. The van der Waals surface area contributed by atoms with Crippen LogP contribution in [-0.4, -0.2) is 9.79 Å². The lowest BCUT2D eigenvalue weighted by Crippen LogP contribution is -2.22. The molecular formula is C12H22O3P+. The molecule has 0 radical (unpaired) electrons. The highest BCUT2D eigenvalue weighted by atomic mass is 31.1. The summed E-state index contributed by atoms with van der Waals surface area (Å²) >= 11 is 0. The lowest BCUT2D eigenvalue weighted by molar-refractivity contribution is 0.195. The maximum atomic E-state index is 8.70. The molecule has 0 heterocycles. The number of hydrogen-bond donors (Lipinski definition) is 2. The molecule has 1 aliphatic carbocycles. The Labute approximate surface area is 98.8 Å². The van der Waals surface area contributed by atoms with Crippen LogP contribution >= 0.6 is 8.25 Å². The first-order chi connectivity index (χ1) is 7.56. The van der Waals surface area contributed by atoms with Crippen molar-refractivity contribution in [3.8, 4) is 0 Å². The highest BCUT2D eigenvalue weighted by molar-refractivity contribution is 7.30. The lowest BCUT2D eigenvalue weighted by Gasteiger charge is -2.35. The standard InChI is InChI=1S/C12H20.HO3P/c1-3-8-12(9-4-2)10-6-5-7-11-12;1-4(2)3/h3-4H,1-2,5-11H2;(H-,1,2,3)/p+1. The summed E-state index contributed by atoms with van der Waals surface area (Å²) in [5.74, 6) is 0. The summed E-state index contributed by atoms with van der Waals surface area (Å²) in [6, 6.07) is 0. The number of rotatable bonds is 4. The van der Waals surface area contributed by atoms with Crippen molar-refractivity contribution >= 4 is 8.25 Å². The molecule has 2 N–H and O–H groups in total. The predicted octanol–water partition coefficient (Wildman–Crippen LogP) is 3.72. The van der Waals surface area contributed by atoms with Gasteiger partial charge in [-0.3, -0.25) is 0 Å². The van der Waals surface area contributed by atoms with E-state index in [0.717, 1.165) is 0 Å². The fourth-order valence-electron chi connectivity index (χ4n) is 2.41. The third-order valence-corrected chi connectivity index (χ3v) is 3.07. The van der Waals surface area contributed by atoms with E-state index in [-0.39, 0.29) is 0 Å². The Morgan fingerprint density at radius 2 is 1.44 bits per heavy atom. The molecule has 0 saturated heterocycles. The van der Waals surface area contributed by atoms with Crippen LogP contribution in [-0.2, 0) is 4.57 Å². The molecule has 4 heteroatoms. The normalized spacial score (nSPS) is 17.9. The summed E-state index contributed by atoms with van der Waals surface area (Å²) in [5.41, 5.74) is 0.543. The van der Waals surface area contributed by atoms with Crippen LogP contribution in [0.15, 0.2) is 25.3 Å². The van der Waals surface area contributed by atoms with Crippen LogP contribution in [0.2, 0.25) is 0 Å². The van der Waals surface area contributed by atoms with E-state index >= 15 is 0 Å². The van der Waals surface area contributed by atoms with Gasteiger partial charge in [0.15, 0.2) is 0 Å². The molecule has 0 atom stereocenters.